The number of carboxylic acids is 1. The van der Waals surface area contributed by atoms with Gasteiger partial charge in [0.15, 0.2) is 0 Å². The molecule has 1 aromatic rings. The number of nitrogens with zero attached hydrogens (tertiary/aromatic N) is 2. The van der Waals surface area contributed by atoms with Crippen LogP contribution in [0.15, 0.2) is 4.52 Å². The molecule has 1 aliphatic heterocycles. The minimum Gasteiger partial charge on any atom is -0.481 e. The molecule has 0 radical (unpaired) electrons. The van der Waals surface area contributed by atoms with E-state index in [4.69, 9.17) is 9.63 Å². The number of hydrogen-bond acceptors (Lipinski definition) is 4. The number of hydrogen-bond donors (Lipinski definition) is 1. The first-order valence-corrected chi connectivity index (χ1v) is 6.92. The predicted molar refractivity (Wildman–Crippen MR) is 70.8 cm³/mol. The molecule has 0 aliphatic carbocycles. The van der Waals surface area contributed by atoms with E-state index in [0.29, 0.717) is 5.92 Å². The van der Waals surface area contributed by atoms with Crippen molar-refractivity contribution in [3.8, 4) is 0 Å². The highest BCUT2D eigenvalue weighted by Crippen LogP contribution is 2.24. The van der Waals surface area contributed by atoms with E-state index in [1.54, 1.807) is 0 Å². The van der Waals surface area contributed by atoms with E-state index in [1.165, 1.54) is 5.56 Å². The van der Waals surface area contributed by atoms with Crippen molar-refractivity contribution in [2.75, 3.05) is 13.1 Å². The van der Waals surface area contributed by atoms with Crippen LogP contribution in [-0.2, 0) is 11.3 Å². The average molecular weight is 266 g/mol. The van der Waals surface area contributed by atoms with Crippen molar-refractivity contribution in [2.24, 2.45) is 5.92 Å². The van der Waals surface area contributed by atoms with E-state index in [9.17, 15) is 4.79 Å². The second-order valence-corrected chi connectivity index (χ2v) is 5.48. The van der Waals surface area contributed by atoms with Crippen LogP contribution < -0.4 is 0 Å². The first-order valence-electron chi connectivity index (χ1n) is 6.92. The molecule has 1 N–H and O–H groups in total. The van der Waals surface area contributed by atoms with Gasteiger partial charge in [-0.2, -0.15) is 0 Å². The van der Waals surface area contributed by atoms with E-state index in [1.807, 2.05) is 13.8 Å². The Balaban J connectivity index is 1.89. The van der Waals surface area contributed by atoms with Crippen molar-refractivity contribution < 1.29 is 14.4 Å². The number of likely N-dealkylation sites (tertiary alicyclic amines) is 1. The molecule has 19 heavy (non-hydrogen) atoms. The van der Waals surface area contributed by atoms with Crippen LogP contribution in [0.5, 0.6) is 0 Å². The Hall–Kier alpha value is -1.36. The molecule has 2 heterocycles. The lowest BCUT2D eigenvalue weighted by molar-refractivity contribution is -0.137. The fourth-order valence-corrected chi connectivity index (χ4v) is 2.81. The van der Waals surface area contributed by atoms with Crippen LogP contribution in [0, 0.1) is 19.8 Å². The minimum absolute atomic E-state index is 0.282. The van der Waals surface area contributed by atoms with Gasteiger partial charge < -0.3 is 9.63 Å². The van der Waals surface area contributed by atoms with Gasteiger partial charge in [-0.05, 0) is 45.6 Å². The molecule has 1 atom stereocenters. The summed E-state index contributed by atoms with van der Waals surface area (Å²) in [6.45, 7) is 6.84. The summed E-state index contributed by atoms with van der Waals surface area (Å²) in [6.07, 6.45) is 3.36. The van der Waals surface area contributed by atoms with Gasteiger partial charge in [0.05, 0.1) is 5.69 Å². The minimum atomic E-state index is -0.692. The summed E-state index contributed by atoms with van der Waals surface area (Å²) in [5.41, 5.74) is 2.14. The molecule has 2 rings (SSSR count). The third-order valence-corrected chi connectivity index (χ3v) is 3.93. The first kappa shape index (κ1) is 14.1. The Morgan fingerprint density at radius 1 is 1.53 bits per heavy atom. The summed E-state index contributed by atoms with van der Waals surface area (Å²) < 4.78 is 5.19. The van der Waals surface area contributed by atoms with Crippen LogP contribution in [0.3, 0.4) is 0 Å². The Morgan fingerprint density at radius 3 is 2.95 bits per heavy atom. The normalized spacial score (nSPS) is 20.6. The van der Waals surface area contributed by atoms with Gasteiger partial charge in [-0.1, -0.05) is 5.16 Å². The molecule has 0 aromatic carbocycles. The maximum absolute atomic E-state index is 10.6. The Kier molecular flexibility index (Phi) is 4.58. The maximum atomic E-state index is 10.6. The summed E-state index contributed by atoms with van der Waals surface area (Å²) in [5.74, 6) is 0.707. The second-order valence-electron chi connectivity index (χ2n) is 5.48. The molecule has 1 saturated heterocycles. The fourth-order valence-electron chi connectivity index (χ4n) is 2.81. The van der Waals surface area contributed by atoms with E-state index in [-0.39, 0.29) is 6.42 Å². The van der Waals surface area contributed by atoms with Crippen molar-refractivity contribution >= 4 is 5.97 Å². The van der Waals surface area contributed by atoms with E-state index in [0.717, 1.165) is 50.4 Å². The molecule has 1 unspecified atom stereocenters. The maximum Gasteiger partial charge on any atom is 0.303 e. The van der Waals surface area contributed by atoms with Gasteiger partial charge in [0.2, 0.25) is 0 Å². The summed E-state index contributed by atoms with van der Waals surface area (Å²) in [4.78, 5) is 13.0. The van der Waals surface area contributed by atoms with E-state index in [2.05, 4.69) is 10.1 Å². The molecule has 0 bridgehead atoms. The van der Waals surface area contributed by atoms with Crippen molar-refractivity contribution in [3.63, 3.8) is 0 Å². The van der Waals surface area contributed by atoms with Crippen molar-refractivity contribution in [1.82, 2.24) is 10.1 Å². The van der Waals surface area contributed by atoms with E-state index >= 15 is 0 Å². The second kappa shape index (κ2) is 6.19. The van der Waals surface area contributed by atoms with Gasteiger partial charge >= 0.3 is 5.97 Å². The SMILES string of the molecule is Cc1noc(C)c1CN1CCCC(CCC(=O)O)C1. The lowest BCUT2D eigenvalue weighted by Gasteiger charge is -2.32. The molecule has 0 amide bonds. The molecule has 1 fully saturated rings. The largest absolute Gasteiger partial charge is 0.481 e. The van der Waals surface area contributed by atoms with Crippen molar-refractivity contribution in [1.29, 1.82) is 0 Å². The van der Waals surface area contributed by atoms with E-state index < -0.39 is 5.97 Å². The predicted octanol–water partition coefficient (Wildman–Crippen LogP) is 2.37. The highest BCUT2D eigenvalue weighted by molar-refractivity contribution is 5.66. The lowest BCUT2D eigenvalue weighted by atomic mass is 9.93. The Bertz CT molecular complexity index is 422. The third kappa shape index (κ3) is 3.80. The van der Waals surface area contributed by atoms with Crippen LogP contribution in [0.25, 0.3) is 0 Å². The summed E-state index contributed by atoms with van der Waals surface area (Å²) >= 11 is 0. The smallest absolute Gasteiger partial charge is 0.303 e. The number of carbonyl (C=O) groups is 1. The van der Waals surface area contributed by atoms with Crippen LogP contribution >= 0.6 is 0 Å². The van der Waals surface area contributed by atoms with Gasteiger partial charge in [-0.3, -0.25) is 9.69 Å². The third-order valence-electron chi connectivity index (χ3n) is 3.93. The van der Waals surface area contributed by atoms with Crippen LogP contribution in [0.2, 0.25) is 0 Å². The summed E-state index contributed by atoms with van der Waals surface area (Å²) in [6, 6.07) is 0. The molecule has 5 heteroatoms. The molecule has 1 aromatic heterocycles. The quantitative estimate of drug-likeness (QED) is 0.886. The van der Waals surface area contributed by atoms with Gasteiger partial charge in [0.25, 0.3) is 0 Å². The van der Waals surface area contributed by atoms with Crippen molar-refractivity contribution in [3.05, 3.63) is 17.0 Å². The van der Waals surface area contributed by atoms with Crippen LogP contribution in [0.1, 0.15) is 42.7 Å². The average Bonchev–Trinajstić information content (AvgIpc) is 2.69. The molecule has 106 valence electrons. The van der Waals surface area contributed by atoms with Gasteiger partial charge in [-0.15, -0.1) is 0 Å². The zero-order chi connectivity index (χ0) is 13.8. The first-order chi connectivity index (χ1) is 9.06. The van der Waals surface area contributed by atoms with Crippen LogP contribution in [0.4, 0.5) is 0 Å². The van der Waals surface area contributed by atoms with Crippen LogP contribution in [-0.4, -0.2) is 34.2 Å². The molecular weight excluding hydrogens is 244 g/mol. The zero-order valence-corrected chi connectivity index (χ0v) is 11.7. The molecule has 0 spiro atoms. The number of aliphatic carboxylic acids is 1. The van der Waals surface area contributed by atoms with Gasteiger partial charge in [0, 0.05) is 25.1 Å². The number of rotatable bonds is 5. The lowest BCUT2D eigenvalue weighted by Crippen LogP contribution is -2.35. The summed E-state index contributed by atoms with van der Waals surface area (Å²) in [5, 5.41) is 12.7. The zero-order valence-electron chi connectivity index (χ0n) is 11.7. The topological polar surface area (TPSA) is 66.6 Å². The monoisotopic (exact) mass is 266 g/mol. The Labute approximate surface area is 113 Å². The molecule has 1 aliphatic rings. The highest BCUT2D eigenvalue weighted by Gasteiger charge is 2.22. The molecule has 0 saturated carbocycles. The fraction of sp³-hybridized carbons (Fsp3) is 0.714. The standard InChI is InChI=1S/C14H22N2O3/c1-10-13(11(2)19-15-10)9-16-7-3-4-12(8-16)5-6-14(17)18/h12H,3-9H2,1-2H3,(H,17,18). The van der Waals surface area contributed by atoms with Gasteiger partial charge in [0.1, 0.15) is 5.76 Å². The summed E-state index contributed by atoms with van der Waals surface area (Å²) in [7, 11) is 0. The number of aryl methyl sites for hydroxylation is 2. The van der Waals surface area contributed by atoms with Crippen molar-refractivity contribution in [2.45, 2.75) is 46.1 Å². The van der Waals surface area contributed by atoms with Gasteiger partial charge in [-0.25, -0.2) is 0 Å². The molecule has 5 nitrogen and oxygen atoms in total. The Morgan fingerprint density at radius 2 is 2.32 bits per heavy atom. The highest BCUT2D eigenvalue weighted by atomic mass is 16.5. The number of aromatic nitrogens is 1. The molecular formula is C14H22N2O3. The number of piperidine rings is 1. The number of carboxylic acid groups (broad SMARTS) is 1.